The summed E-state index contributed by atoms with van der Waals surface area (Å²) in [5.41, 5.74) is 0. The van der Waals surface area contributed by atoms with E-state index in [1.54, 1.807) is 19.0 Å². The Bertz CT molecular complexity index is 381. The van der Waals surface area contributed by atoms with E-state index in [2.05, 4.69) is 6.07 Å². The van der Waals surface area contributed by atoms with Gasteiger partial charge in [0.1, 0.15) is 0 Å². The molecule has 0 N–H and O–H groups in total. The quantitative estimate of drug-likeness (QED) is 0.783. The average molecular weight is 260 g/mol. The molecule has 0 aromatic carbocycles. The van der Waals surface area contributed by atoms with E-state index in [0.717, 1.165) is 23.7 Å². The first-order valence-corrected chi connectivity index (χ1v) is 7.68. The molecule has 4 aliphatic carbocycles. The van der Waals surface area contributed by atoms with E-state index in [1.165, 1.54) is 32.1 Å². The van der Waals surface area contributed by atoms with Crippen LogP contribution >= 0.6 is 0 Å². The molecule has 1 amide bonds. The molecule has 0 aromatic heterocycles. The van der Waals surface area contributed by atoms with Gasteiger partial charge in [-0.25, -0.2) is 0 Å². The molecule has 4 saturated carbocycles. The van der Waals surface area contributed by atoms with Crippen molar-refractivity contribution in [1.29, 1.82) is 5.26 Å². The van der Waals surface area contributed by atoms with Crippen LogP contribution in [-0.2, 0) is 4.79 Å². The largest absolute Gasteiger partial charge is 0.349 e. The molecule has 0 radical (unpaired) electrons. The molecule has 4 fully saturated rings. The van der Waals surface area contributed by atoms with E-state index >= 15 is 0 Å². The topological polar surface area (TPSA) is 44.1 Å². The SMILES string of the molecule is CN(C)C(=O)CC(C#N)C1C2CC3CC(C2)CC1C3. The number of nitriles is 1. The van der Waals surface area contributed by atoms with Crippen LogP contribution in [0.1, 0.15) is 38.5 Å². The first kappa shape index (κ1) is 13.0. The monoisotopic (exact) mass is 260 g/mol. The Morgan fingerprint density at radius 3 is 2.11 bits per heavy atom. The van der Waals surface area contributed by atoms with Crippen LogP contribution in [0.4, 0.5) is 0 Å². The number of carbonyl (C=O) groups excluding carboxylic acids is 1. The highest BCUT2D eigenvalue weighted by Gasteiger charge is 2.50. The summed E-state index contributed by atoms with van der Waals surface area (Å²) in [6.45, 7) is 0. The maximum absolute atomic E-state index is 11.9. The lowest BCUT2D eigenvalue weighted by molar-refractivity contribution is -0.131. The molecule has 0 spiro atoms. The van der Waals surface area contributed by atoms with Gasteiger partial charge in [-0.05, 0) is 61.7 Å². The summed E-state index contributed by atoms with van der Waals surface area (Å²) < 4.78 is 0. The predicted octanol–water partition coefficient (Wildman–Crippen LogP) is 2.68. The van der Waals surface area contributed by atoms with E-state index in [4.69, 9.17) is 0 Å². The van der Waals surface area contributed by atoms with Crippen LogP contribution in [0.2, 0.25) is 0 Å². The molecule has 1 unspecified atom stereocenters. The predicted molar refractivity (Wildman–Crippen MR) is 72.9 cm³/mol. The molecule has 0 aromatic rings. The van der Waals surface area contributed by atoms with Crippen LogP contribution < -0.4 is 0 Å². The number of nitrogens with zero attached hydrogens (tertiary/aromatic N) is 2. The molecule has 0 saturated heterocycles. The van der Waals surface area contributed by atoms with Gasteiger partial charge in [0.15, 0.2) is 0 Å². The first-order chi connectivity index (χ1) is 9.08. The van der Waals surface area contributed by atoms with E-state index in [0.29, 0.717) is 12.3 Å². The Morgan fingerprint density at radius 1 is 1.16 bits per heavy atom. The molecular weight excluding hydrogens is 236 g/mol. The van der Waals surface area contributed by atoms with Crippen LogP contribution in [0.5, 0.6) is 0 Å². The van der Waals surface area contributed by atoms with Crippen molar-refractivity contribution in [2.75, 3.05) is 14.1 Å². The van der Waals surface area contributed by atoms with E-state index < -0.39 is 0 Å². The molecule has 19 heavy (non-hydrogen) atoms. The Hall–Kier alpha value is -1.04. The minimum Gasteiger partial charge on any atom is -0.349 e. The third-order valence-electron chi connectivity index (χ3n) is 5.82. The van der Waals surface area contributed by atoms with Crippen molar-refractivity contribution in [2.45, 2.75) is 38.5 Å². The van der Waals surface area contributed by atoms with Crippen molar-refractivity contribution < 1.29 is 4.79 Å². The van der Waals surface area contributed by atoms with Crippen molar-refractivity contribution >= 4 is 5.91 Å². The zero-order valence-corrected chi connectivity index (χ0v) is 12.0. The molecule has 4 rings (SSSR count). The normalized spacial score (nSPS) is 40.8. The standard InChI is InChI=1S/C16H24N2O/c1-18(2)15(19)8-14(9-17)16-12-4-10-3-11(6-12)7-13(16)5-10/h10-14,16H,3-8H2,1-2H3. The second kappa shape index (κ2) is 4.81. The second-order valence-corrected chi connectivity index (χ2v) is 7.24. The Labute approximate surface area is 116 Å². The summed E-state index contributed by atoms with van der Waals surface area (Å²) >= 11 is 0. The van der Waals surface area contributed by atoms with Gasteiger partial charge < -0.3 is 4.90 Å². The summed E-state index contributed by atoms with van der Waals surface area (Å²) in [4.78, 5) is 13.5. The van der Waals surface area contributed by atoms with Gasteiger partial charge in [0.25, 0.3) is 0 Å². The van der Waals surface area contributed by atoms with Gasteiger partial charge in [-0.3, -0.25) is 4.79 Å². The summed E-state index contributed by atoms with van der Waals surface area (Å²) in [6, 6.07) is 2.47. The van der Waals surface area contributed by atoms with Gasteiger partial charge in [0.2, 0.25) is 5.91 Å². The average Bonchev–Trinajstić information content (AvgIpc) is 2.35. The number of hydrogen-bond donors (Lipinski definition) is 0. The Kier molecular flexibility index (Phi) is 3.28. The molecule has 0 aliphatic heterocycles. The van der Waals surface area contributed by atoms with Crippen LogP contribution in [0, 0.1) is 46.8 Å². The van der Waals surface area contributed by atoms with Crippen LogP contribution in [0.15, 0.2) is 0 Å². The van der Waals surface area contributed by atoms with Gasteiger partial charge in [-0.1, -0.05) is 0 Å². The number of amides is 1. The van der Waals surface area contributed by atoms with Gasteiger partial charge in [0, 0.05) is 20.5 Å². The van der Waals surface area contributed by atoms with Gasteiger partial charge in [-0.2, -0.15) is 5.26 Å². The highest BCUT2D eigenvalue weighted by molar-refractivity contribution is 5.76. The van der Waals surface area contributed by atoms with Gasteiger partial charge >= 0.3 is 0 Å². The summed E-state index contributed by atoms with van der Waals surface area (Å²) in [7, 11) is 3.57. The fourth-order valence-corrected chi connectivity index (χ4v) is 5.26. The number of hydrogen-bond acceptors (Lipinski definition) is 2. The van der Waals surface area contributed by atoms with Crippen LogP contribution in [0.25, 0.3) is 0 Å². The van der Waals surface area contributed by atoms with E-state index in [1.807, 2.05) is 0 Å². The fourth-order valence-electron chi connectivity index (χ4n) is 5.26. The van der Waals surface area contributed by atoms with Crippen molar-refractivity contribution in [2.24, 2.45) is 35.5 Å². The lowest BCUT2D eigenvalue weighted by Crippen LogP contribution is -2.48. The van der Waals surface area contributed by atoms with E-state index in [9.17, 15) is 10.1 Å². The van der Waals surface area contributed by atoms with Crippen molar-refractivity contribution in [3.8, 4) is 6.07 Å². The van der Waals surface area contributed by atoms with Crippen molar-refractivity contribution in [3.63, 3.8) is 0 Å². The fraction of sp³-hybridized carbons (Fsp3) is 0.875. The molecule has 3 nitrogen and oxygen atoms in total. The molecule has 0 heterocycles. The maximum atomic E-state index is 11.9. The molecule has 4 aliphatic rings. The second-order valence-electron chi connectivity index (χ2n) is 7.24. The third kappa shape index (κ3) is 2.26. The van der Waals surface area contributed by atoms with Crippen LogP contribution in [0.3, 0.4) is 0 Å². The van der Waals surface area contributed by atoms with Crippen LogP contribution in [-0.4, -0.2) is 24.9 Å². The van der Waals surface area contributed by atoms with Crippen molar-refractivity contribution in [1.82, 2.24) is 4.90 Å². The molecule has 1 atom stereocenters. The molecule has 3 heteroatoms. The van der Waals surface area contributed by atoms with Gasteiger partial charge in [-0.15, -0.1) is 0 Å². The lowest BCUT2D eigenvalue weighted by Gasteiger charge is -2.55. The number of carbonyl (C=O) groups is 1. The van der Waals surface area contributed by atoms with Crippen molar-refractivity contribution in [3.05, 3.63) is 0 Å². The smallest absolute Gasteiger partial charge is 0.223 e. The zero-order valence-electron chi connectivity index (χ0n) is 12.0. The first-order valence-electron chi connectivity index (χ1n) is 7.68. The zero-order chi connectivity index (χ0) is 13.6. The third-order valence-corrected chi connectivity index (χ3v) is 5.82. The Morgan fingerprint density at radius 2 is 1.68 bits per heavy atom. The lowest BCUT2D eigenvalue weighted by atomic mass is 9.49. The Balaban J connectivity index is 1.73. The highest BCUT2D eigenvalue weighted by atomic mass is 16.2. The molecule has 104 valence electrons. The maximum Gasteiger partial charge on any atom is 0.223 e. The summed E-state index contributed by atoms with van der Waals surface area (Å²) in [5, 5.41) is 9.52. The van der Waals surface area contributed by atoms with Gasteiger partial charge in [0.05, 0.1) is 12.0 Å². The number of rotatable bonds is 3. The summed E-state index contributed by atoms with van der Waals surface area (Å²) in [5.74, 6) is 3.89. The van der Waals surface area contributed by atoms with E-state index in [-0.39, 0.29) is 11.8 Å². The summed E-state index contributed by atoms with van der Waals surface area (Å²) in [6.07, 6.45) is 7.17. The minimum absolute atomic E-state index is 0.0510. The molecular formula is C16H24N2O. The molecule has 4 bridgehead atoms. The highest BCUT2D eigenvalue weighted by Crippen LogP contribution is 2.58. The minimum atomic E-state index is -0.0510.